The Morgan fingerprint density at radius 2 is 2.05 bits per heavy atom. The van der Waals surface area contributed by atoms with Gasteiger partial charge in [0.2, 0.25) is 5.91 Å². The van der Waals surface area contributed by atoms with Crippen molar-refractivity contribution in [1.82, 2.24) is 20.0 Å². The minimum atomic E-state index is 0.0230. The summed E-state index contributed by atoms with van der Waals surface area (Å²) in [5, 5.41) is 3.27. The van der Waals surface area contributed by atoms with Crippen molar-refractivity contribution in [2.45, 2.75) is 32.7 Å². The Hall–Kier alpha value is -1.30. The van der Waals surface area contributed by atoms with E-state index < -0.39 is 0 Å². The standard InChI is InChI=1S/C15H31N5O/c1-6-16-15(17-11-14(21)18(3)4)19(5)12-13-9-8-10-20(13)7-2/h13H,6-12H2,1-5H3,(H,16,17). The van der Waals surface area contributed by atoms with E-state index in [1.807, 2.05) is 14.0 Å². The summed E-state index contributed by atoms with van der Waals surface area (Å²) in [7, 11) is 5.56. The number of guanidine groups is 1. The molecule has 122 valence electrons. The van der Waals surface area contributed by atoms with Crippen molar-refractivity contribution < 1.29 is 4.79 Å². The van der Waals surface area contributed by atoms with Crippen LogP contribution >= 0.6 is 0 Å². The van der Waals surface area contributed by atoms with Gasteiger partial charge in [-0.25, -0.2) is 4.99 Å². The molecular formula is C15H31N5O. The van der Waals surface area contributed by atoms with Crippen LogP contribution in [0.3, 0.4) is 0 Å². The Morgan fingerprint density at radius 1 is 1.33 bits per heavy atom. The Labute approximate surface area is 129 Å². The third-order valence-electron chi connectivity index (χ3n) is 3.95. The van der Waals surface area contributed by atoms with Crippen LogP contribution in [0.1, 0.15) is 26.7 Å². The second-order valence-corrected chi connectivity index (χ2v) is 5.76. The SMILES string of the molecule is CCNC(=NCC(=O)N(C)C)N(C)CC1CCCN1CC. The number of nitrogens with one attached hydrogen (secondary N) is 1. The average molecular weight is 297 g/mol. The Kier molecular flexibility index (Phi) is 7.50. The van der Waals surface area contributed by atoms with E-state index in [4.69, 9.17) is 0 Å². The van der Waals surface area contributed by atoms with Crippen LogP contribution < -0.4 is 5.32 Å². The summed E-state index contributed by atoms with van der Waals surface area (Å²) in [6, 6.07) is 0.591. The minimum Gasteiger partial charge on any atom is -0.357 e. The summed E-state index contributed by atoms with van der Waals surface area (Å²) in [6.07, 6.45) is 2.52. The highest BCUT2D eigenvalue weighted by Gasteiger charge is 2.24. The van der Waals surface area contributed by atoms with E-state index in [1.165, 1.54) is 19.4 Å². The number of hydrogen-bond acceptors (Lipinski definition) is 3. The van der Waals surface area contributed by atoms with Crippen molar-refractivity contribution in [3.8, 4) is 0 Å². The van der Waals surface area contributed by atoms with Crippen LogP contribution in [0, 0.1) is 0 Å². The van der Waals surface area contributed by atoms with Crippen molar-refractivity contribution in [3.63, 3.8) is 0 Å². The van der Waals surface area contributed by atoms with Crippen LogP contribution in [0.25, 0.3) is 0 Å². The predicted molar refractivity (Wildman–Crippen MR) is 87.6 cm³/mol. The Morgan fingerprint density at radius 3 is 2.62 bits per heavy atom. The van der Waals surface area contributed by atoms with Gasteiger partial charge in [-0.1, -0.05) is 6.92 Å². The van der Waals surface area contributed by atoms with Gasteiger partial charge in [0.15, 0.2) is 5.96 Å². The maximum absolute atomic E-state index is 11.7. The number of likely N-dealkylation sites (N-methyl/N-ethyl adjacent to an activating group) is 3. The van der Waals surface area contributed by atoms with Gasteiger partial charge in [-0.05, 0) is 32.9 Å². The first kappa shape index (κ1) is 17.8. The molecule has 0 aliphatic carbocycles. The Bertz CT molecular complexity index is 356. The van der Waals surface area contributed by atoms with Gasteiger partial charge >= 0.3 is 0 Å². The monoisotopic (exact) mass is 297 g/mol. The summed E-state index contributed by atoms with van der Waals surface area (Å²) in [5.74, 6) is 0.838. The molecule has 1 N–H and O–H groups in total. The lowest BCUT2D eigenvalue weighted by Crippen LogP contribution is -2.46. The number of amides is 1. The van der Waals surface area contributed by atoms with E-state index in [-0.39, 0.29) is 12.5 Å². The van der Waals surface area contributed by atoms with Crippen LogP contribution in [0.15, 0.2) is 4.99 Å². The van der Waals surface area contributed by atoms with E-state index in [9.17, 15) is 4.79 Å². The number of carbonyl (C=O) groups excluding carboxylic acids is 1. The highest BCUT2D eigenvalue weighted by molar-refractivity contribution is 5.84. The topological polar surface area (TPSA) is 51.2 Å². The van der Waals surface area contributed by atoms with Gasteiger partial charge in [0.05, 0.1) is 0 Å². The Balaban J connectivity index is 2.61. The highest BCUT2D eigenvalue weighted by Crippen LogP contribution is 2.17. The quantitative estimate of drug-likeness (QED) is 0.571. The van der Waals surface area contributed by atoms with Crippen LogP contribution in [0.4, 0.5) is 0 Å². The maximum atomic E-state index is 11.7. The first-order valence-corrected chi connectivity index (χ1v) is 7.93. The van der Waals surface area contributed by atoms with Crippen molar-refractivity contribution in [3.05, 3.63) is 0 Å². The fourth-order valence-electron chi connectivity index (χ4n) is 2.67. The summed E-state index contributed by atoms with van der Waals surface area (Å²) >= 11 is 0. The van der Waals surface area contributed by atoms with Crippen LogP contribution in [0.2, 0.25) is 0 Å². The third-order valence-corrected chi connectivity index (χ3v) is 3.95. The molecule has 0 aromatic carbocycles. The largest absolute Gasteiger partial charge is 0.357 e. The summed E-state index contributed by atoms with van der Waals surface area (Å²) < 4.78 is 0. The van der Waals surface area contributed by atoms with E-state index in [2.05, 4.69) is 27.0 Å². The second kappa shape index (κ2) is 8.87. The fourth-order valence-corrected chi connectivity index (χ4v) is 2.67. The van der Waals surface area contributed by atoms with Crippen LogP contribution in [-0.2, 0) is 4.79 Å². The molecule has 0 spiro atoms. The van der Waals surface area contributed by atoms with Gasteiger partial charge in [0, 0.05) is 40.3 Å². The number of likely N-dealkylation sites (tertiary alicyclic amines) is 1. The third kappa shape index (κ3) is 5.53. The molecule has 0 aromatic heterocycles. The number of hydrogen-bond donors (Lipinski definition) is 1. The molecule has 6 nitrogen and oxygen atoms in total. The molecule has 0 aromatic rings. The van der Waals surface area contributed by atoms with E-state index in [1.54, 1.807) is 19.0 Å². The van der Waals surface area contributed by atoms with Gasteiger partial charge in [-0.2, -0.15) is 0 Å². The number of aliphatic imine (C=N–C) groups is 1. The summed E-state index contributed by atoms with van der Waals surface area (Å²) in [5.41, 5.74) is 0. The first-order valence-electron chi connectivity index (χ1n) is 7.93. The average Bonchev–Trinajstić information content (AvgIpc) is 2.89. The molecule has 1 unspecified atom stereocenters. The predicted octanol–water partition coefficient (Wildman–Crippen LogP) is 0.456. The van der Waals surface area contributed by atoms with Gasteiger partial charge in [-0.3, -0.25) is 9.69 Å². The summed E-state index contributed by atoms with van der Waals surface area (Å²) in [6.45, 7) is 8.52. The van der Waals surface area contributed by atoms with Crippen LogP contribution in [0.5, 0.6) is 0 Å². The smallest absolute Gasteiger partial charge is 0.243 e. The molecule has 1 saturated heterocycles. The first-order chi connectivity index (χ1) is 9.99. The molecule has 0 saturated carbocycles. The molecule has 0 radical (unpaired) electrons. The zero-order chi connectivity index (χ0) is 15.8. The van der Waals surface area contributed by atoms with Crippen molar-refractivity contribution >= 4 is 11.9 Å². The van der Waals surface area contributed by atoms with E-state index in [0.29, 0.717) is 6.04 Å². The van der Waals surface area contributed by atoms with E-state index in [0.717, 1.165) is 25.6 Å². The van der Waals surface area contributed by atoms with Crippen LogP contribution in [-0.4, -0.2) is 86.5 Å². The zero-order valence-corrected chi connectivity index (χ0v) is 14.2. The minimum absolute atomic E-state index is 0.0230. The summed E-state index contributed by atoms with van der Waals surface area (Å²) in [4.78, 5) is 22.4. The lowest BCUT2D eigenvalue weighted by molar-refractivity contribution is -0.127. The molecule has 21 heavy (non-hydrogen) atoms. The van der Waals surface area contributed by atoms with Gasteiger partial charge < -0.3 is 15.1 Å². The molecule has 1 fully saturated rings. The second-order valence-electron chi connectivity index (χ2n) is 5.76. The van der Waals surface area contributed by atoms with Gasteiger partial charge in [-0.15, -0.1) is 0 Å². The van der Waals surface area contributed by atoms with Gasteiger partial charge in [0.25, 0.3) is 0 Å². The van der Waals surface area contributed by atoms with Crippen molar-refractivity contribution in [1.29, 1.82) is 0 Å². The molecule has 0 bridgehead atoms. The van der Waals surface area contributed by atoms with Crippen molar-refractivity contribution in [2.75, 3.05) is 53.9 Å². The van der Waals surface area contributed by atoms with Gasteiger partial charge in [0.1, 0.15) is 6.54 Å². The highest BCUT2D eigenvalue weighted by atomic mass is 16.2. The molecular weight excluding hydrogens is 266 g/mol. The number of carbonyl (C=O) groups is 1. The maximum Gasteiger partial charge on any atom is 0.243 e. The molecule has 1 rings (SSSR count). The molecule has 1 aliphatic heterocycles. The molecule has 1 amide bonds. The molecule has 6 heteroatoms. The number of rotatable bonds is 6. The zero-order valence-electron chi connectivity index (χ0n) is 14.2. The molecule has 1 aliphatic rings. The number of nitrogens with zero attached hydrogens (tertiary/aromatic N) is 4. The fraction of sp³-hybridized carbons (Fsp3) is 0.867. The normalized spacial score (nSPS) is 19.7. The van der Waals surface area contributed by atoms with E-state index >= 15 is 0 Å². The molecule has 1 heterocycles. The molecule has 1 atom stereocenters. The lowest BCUT2D eigenvalue weighted by Gasteiger charge is -2.29. The lowest BCUT2D eigenvalue weighted by atomic mass is 10.2. The van der Waals surface area contributed by atoms with Crippen molar-refractivity contribution in [2.24, 2.45) is 4.99 Å².